The second-order valence-electron chi connectivity index (χ2n) is 9.00. The Morgan fingerprint density at radius 3 is 1.95 bits per heavy atom. The minimum atomic E-state index is -0.230. The zero-order chi connectivity index (χ0) is 28.2. The Morgan fingerprint density at radius 1 is 0.919 bits per heavy atom. The van der Waals surface area contributed by atoms with Crippen LogP contribution in [0.3, 0.4) is 0 Å². The van der Waals surface area contributed by atoms with Crippen molar-refractivity contribution in [2.45, 2.75) is 61.3 Å². The molecule has 3 rings (SSSR count). The minimum Gasteiger partial charge on any atom is -0.384 e. The number of nitrogens with one attached hydrogen (secondary N) is 1. The van der Waals surface area contributed by atoms with Crippen molar-refractivity contribution < 1.29 is 9.13 Å². The Labute approximate surface area is 226 Å². The standard InChI is InChI=1S/C16H16FN.C11H16O.C5H10.C2H6/c1-11(2)16-10-15(7-4-12(16)3)18-14-8-5-13(17)6-9-14;1-10(9-12-2)8-11-6-4-3-5-7-11;1-4-5(2)3;1-2/h4-10,18H,1H2,2-3H3;3-7,10H,8-9H2,1-2H3;2,4H2,1,3H3;1-2H3. The Balaban J connectivity index is 0.000000588. The second kappa shape index (κ2) is 20.0. The van der Waals surface area contributed by atoms with Crippen LogP contribution in [0.1, 0.15) is 64.7 Å². The van der Waals surface area contributed by atoms with Gasteiger partial charge in [-0.2, -0.15) is 0 Å². The SMILES string of the molecule is C=C(C)CC.C=C(C)c1cc(Nc2ccc(F)cc2)ccc1C.CC.COCC(C)Cc1ccccc1. The van der Waals surface area contributed by atoms with Crippen molar-refractivity contribution in [1.82, 2.24) is 0 Å². The minimum absolute atomic E-state index is 0.230. The van der Waals surface area contributed by atoms with Crippen molar-refractivity contribution in [2.75, 3.05) is 19.0 Å². The summed E-state index contributed by atoms with van der Waals surface area (Å²) in [6.45, 7) is 22.9. The van der Waals surface area contributed by atoms with E-state index in [1.165, 1.54) is 28.8 Å². The van der Waals surface area contributed by atoms with Crippen LogP contribution in [0.5, 0.6) is 0 Å². The van der Waals surface area contributed by atoms with Crippen molar-refractivity contribution >= 4 is 16.9 Å². The number of allylic oxidation sites excluding steroid dienone is 2. The molecule has 0 saturated heterocycles. The Bertz CT molecular complexity index is 1030. The van der Waals surface area contributed by atoms with Crippen LogP contribution in [-0.4, -0.2) is 13.7 Å². The summed E-state index contributed by atoms with van der Waals surface area (Å²) < 4.78 is 17.9. The zero-order valence-electron chi connectivity index (χ0n) is 24.3. The van der Waals surface area contributed by atoms with E-state index in [1.807, 2.05) is 39.8 Å². The number of hydrogen-bond donors (Lipinski definition) is 1. The number of methoxy groups -OCH3 is 1. The third-order valence-corrected chi connectivity index (χ3v) is 5.31. The van der Waals surface area contributed by atoms with Crippen molar-refractivity contribution in [3.05, 3.63) is 114 Å². The molecule has 1 atom stereocenters. The van der Waals surface area contributed by atoms with Gasteiger partial charge < -0.3 is 10.1 Å². The maximum Gasteiger partial charge on any atom is 0.123 e. The number of halogens is 1. The van der Waals surface area contributed by atoms with Gasteiger partial charge in [-0.15, -0.1) is 6.58 Å². The van der Waals surface area contributed by atoms with Crippen LogP contribution in [0.4, 0.5) is 15.8 Å². The van der Waals surface area contributed by atoms with E-state index in [0.717, 1.165) is 42.0 Å². The number of hydrogen-bond acceptors (Lipinski definition) is 2. The van der Waals surface area contributed by atoms with Crippen molar-refractivity contribution in [1.29, 1.82) is 0 Å². The van der Waals surface area contributed by atoms with E-state index in [4.69, 9.17) is 4.74 Å². The normalized spacial score (nSPS) is 10.3. The quantitative estimate of drug-likeness (QED) is 0.307. The lowest BCUT2D eigenvalue weighted by molar-refractivity contribution is 0.159. The topological polar surface area (TPSA) is 21.3 Å². The van der Waals surface area contributed by atoms with Gasteiger partial charge in [0.05, 0.1) is 0 Å². The van der Waals surface area contributed by atoms with Gasteiger partial charge in [0.15, 0.2) is 0 Å². The first kappa shape index (κ1) is 33.8. The van der Waals surface area contributed by atoms with Gasteiger partial charge in [-0.05, 0) is 92.6 Å². The first-order chi connectivity index (χ1) is 17.7. The monoisotopic (exact) mass is 505 g/mol. The number of benzene rings is 3. The van der Waals surface area contributed by atoms with E-state index < -0.39 is 0 Å². The van der Waals surface area contributed by atoms with Gasteiger partial charge in [-0.3, -0.25) is 0 Å². The van der Waals surface area contributed by atoms with Crippen LogP contribution in [0, 0.1) is 18.7 Å². The van der Waals surface area contributed by atoms with Crippen LogP contribution in [0.2, 0.25) is 0 Å². The molecular weight excluding hydrogens is 457 g/mol. The van der Waals surface area contributed by atoms with Crippen molar-refractivity contribution in [2.24, 2.45) is 5.92 Å². The van der Waals surface area contributed by atoms with Gasteiger partial charge >= 0.3 is 0 Å². The van der Waals surface area contributed by atoms with Gasteiger partial charge in [-0.1, -0.05) is 81.8 Å². The molecule has 3 heteroatoms. The molecule has 202 valence electrons. The lowest BCUT2D eigenvalue weighted by atomic mass is 10.0. The first-order valence-corrected chi connectivity index (χ1v) is 13.1. The predicted molar refractivity (Wildman–Crippen MR) is 163 cm³/mol. The van der Waals surface area contributed by atoms with Crippen molar-refractivity contribution in [3.63, 3.8) is 0 Å². The van der Waals surface area contributed by atoms with Crippen LogP contribution in [0.15, 0.2) is 91.5 Å². The molecule has 0 aromatic heterocycles. The number of rotatable bonds is 8. The molecule has 0 fully saturated rings. The summed E-state index contributed by atoms with van der Waals surface area (Å²) in [5.41, 5.74) is 7.87. The molecule has 0 saturated carbocycles. The van der Waals surface area contributed by atoms with E-state index in [2.05, 4.69) is 75.6 Å². The summed E-state index contributed by atoms with van der Waals surface area (Å²) in [6, 6.07) is 23.0. The number of aryl methyl sites for hydroxylation is 1. The lowest BCUT2D eigenvalue weighted by Crippen LogP contribution is -2.06. The highest BCUT2D eigenvalue weighted by Gasteiger charge is 2.02. The summed E-state index contributed by atoms with van der Waals surface area (Å²) in [6.07, 6.45) is 2.22. The number of ether oxygens (including phenoxy) is 1. The highest BCUT2D eigenvalue weighted by atomic mass is 19.1. The summed E-state index contributed by atoms with van der Waals surface area (Å²) >= 11 is 0. The summed E-state index contributed by atoms with van der Waals surface area (Å²) in [7, 11) is 1.75. The van der Waals surface area contributed by atoms with Gasteiger partial charge in [0.2, 0.25) is 0 Å². The molecule has 2 nitrogen and oxygen atoms in total. The molecule has 0 radical (unpaired) electrons. The molecule has 0 bridgehead atoms. The largest absolute Gasteiger partial charge is 0.384 e. The van der Waals surface area contributed by atoms with E-state index in [-0.39, 0.29) is 5.82 Å². The maximum absolute atomic E-state index is 12.8. The molecule has 0 aliphatic carbocycles. The smallest absolute Gasteiger partial charge is 0.123 e. The summed E-state index contributed by atoms with van der Waals surface area (Å²) in [5, 5.41) is 3.25. The molecule has 0 spiro atoms. The fourth-order valence-electron chi connectivity index (χ4n) is 3.22. The molecule has 0 aliphatic heterocycles. The molecule has 3 aromatic rings. The molecule has 1 N–H and O–H groups in total. The molecule has 3 aromatic carbocycles. The highest BCUT2D eigenvalue weighted by Crippen LogP contribution is 2.24. The average Bonchev–Trinajstić information content (AvgIpc) is 2.89. The van der Waals surface area contributed by atoms with E-state index in [9.17, 15) is 4.39 Å². The summed E-state index contributed by atoms with van der Waals surface area (Å²) in [4.78, 5) is 0. The Hall–Kier alpha value is -3.17. The van der Waals surface area contributed by atoms with E-state index in [0.29, 0.717) is 5.92 Å². The summed E-state index contributed by atoms with van der Waals surface area (Å²) in [5.74, 6) is 0.379. The van der Waals surface area contributed by atoms with Crippen LogP contribution >= 0.6 is 0 Å². The number of anilines is 2. The predicted octanol–water partition coefficient (Wildman–Crippen LogP) is 10.4. The molecular formula is C34H48FNO. The van der Waals surface area contributed by atoms with Crippen LogP contribution in [-0.2, 0) is 11.2 Å². The molecule has 0 heterocycles. The highest BCUT2D eigenvalue weighted by molar-refractivity contribution is 5.70. The second-order valence-corrected chi connectivity index (χ2v) is 9.00. The lowest BCUT2D eigenvalue weighted by Gasteiger charge is -2.11. The fraction of sp³-hybridized carbons (Fsp3) is 0.353. The fourth-order valence-corrected chi connectivity index (χ4v) is 3.22. The molecule has 37 heavy (non-hydrogen) atoms. The third kappa shape index (κ3) is 15.5. The molecule has 1 unspecified atom stereocenters. The zero-order valence-corrected chi connectivity index (χ0v) is 24.3. The van der Waals surface area contributed by atoms with Gasteiger partial charge in [0.25, 0.3) is 0 Å². The van der Waals surface area contributed by atoms with Crippen molar-refractivity contribution in [3.8, 4) is 0 Å². The van der Waals surface area contributed by atoms with E-state index in [1.54, 1.807) is 19.2 Å². The molecule has 0 aliphatic rings. The van der Waals surface area contributed by atoms with Gasteiger partial charge in [0, 0.05) is 25.1 Å². The Morgan fingerprint density at radius 2 is 1.46 bits per heavy atom. The van der Waals surface area contributed by atoms with E-state index >= 15 is 0 Å². The van der Waals surface area contributed by atoms with Gasteiger partial charge in [0.1, 0.15) is 5.82 Å². The molecule has 0 amide bonds. The maximum atomic E-state index is 12.8. The Kier molecular flexibility index (Phi) is 18.2. The average molecular weight is 506 g/mol. The van der Waals surface area contributed by atoms with Crippen LogP contribution in [0.25, 0.3) is 5.57 Å². The first-order valence-electron chi connectivity index (χ1n) is 13.1. The third-order valence-electron chi connectivity index (χ3n) is 5.31. The van der Waals surface area contributed by atoms with Gasteiger partial charge in [-0.25, -0.2) is 4.39 Å². The van der Waals surface area contributed by atoms with Crippen LogP contribution < -0.4 is 5.32 Å².